The van der Waals surface area contributed by atoms with Crippen molar-refractivity contribution in [1.29, 1.82) is 0 Å². The Morgan fingerprint density at radius 3 is 2.68 bits per heavy atom. The number of hydrogen-bond acceptors (Lipinski definition) is 5. The molecule has 0 amide bonds. The van der Waals surface area contributed by atoms with Gasteiger partial charge in [-0.25, -0.2) is 4.98 Å². The highest BCUT2D eigenvalue weighted by Crippen LogP contribution is 2.30. The van der Waals surface area contributed by atoms with Crippen molar-refractivity contribution in [1.82, 2.24) is 4.98 Å². The van der Waals surface area contributed by atoms with E-state index in [-0.39, 0.29) is 12.5 Å². The Morgan fingerprint density at radius 1 is 1.18 bits per heavy atom. The van der Waals surface area contributed by atoms with Crippen LogP contribution in [-0.2, 0) is 9.53 Å². The van der Waals surface area contributed by atoms with Gasteiger partial charge in [-0.2, -0.15) is 0 Å². The van der Waals surface area contributed by atoms with Crippen molar-refractivity contribution in [2.75, 3.05) is 18.5 Å². The van der Waals surface area contributed by atoms with Crippen LogP contribution in [0.4, 0.5) is 5.69 Å². The molecule has 3 aromatic rings. The minimum atomic E-state index is -0.252. The number of carbonyl (C=O) groups is 1. The Bertz CT molecular complexity index is 748. The zero-order chi connectivity index (χ0) is 15.4. The van der Waals surface area contributed by atoms with Crippen LogP contribution in [0.25, 0.3) is 20.8 Å². The molecule has 0 unspecified atom stereocenters. The first-order valence-electron chi connectivity index (χ1n) is 7.12. The number of aromatic nitrogens is 1. The zero-order valence-corrected chi connectivity index (χ0v) is 13.0. The molecule has 1 heterocycles. The monoisotopic (exact) mass is 312 g/mol. The first-order chi connectivity index (χ1) is 10.8. The van der Waals surface area contributed by atoms with Crippen LogP contribution >= 0.6 is 11.3 Å². The van der Waals surface area contributed by atoms with Crippen LogP contribution in [0.1, 0.15) is 6.92 Å². The Labute approximate surface area is 132 Å². The molecule has 1 aromatic heterocycles. The van der Waals surface area contributed by atoms with Gasteiger partial charge in [-0.05, 0) is 43.3 Å². The fourth-order valence-corrected chi connectivity index (χ4v) is 3.08. The van der Waals surface area contributed by atoms with Crippen LogP contribution in [0.5, 0.6) is 0 Å². The topological polar surface area (TPSA) is 51.2 Å². The average molecular weight is 312 g/mol. The highest BCUT2D eigenvalue weighted by Gasteiger charge is 2.06. The summed E-state index contributed by atoms with van der Waals surface area (Å²) >= 11 is 1.68. The van der Waals surface area contributed by atoms with Crippen molar-refractivity contribution >= 4 is 33.2 Å². The summed E-state index contributed by atoms with van der Waals surface area (Å²) in [4.78, 5) is 15.9. The van der Waals surface area contributed by atoms with E-state index >= 15 is 0 Å². The van der Waals surface area contributed by atoms with Crippen LogP contribution in [0.15, 0.2) is 48.5 Å². The van der Waals surface area contributed by atoms with Crippen molar-refractivity contribution in [3.63, 3.8) is 0 Å². The van der Waals surface area contributed by atoms with Crippen LogP contribution in [-0.4, -0.2) is 24.1 Å². The van der Waals surface area contributed by atoms with Gasteiger partial charge in [0.25, 0.3) is 0 Å². The summed E-state index contributed by atoms with van der Waals surface area (Å²) in [6, 6.07) is 16.0. The maximum absolute atomic E-state index is 11.3. The first-order valence-corrected chi connectivity index (χ1v) is 7.93. The summed E-state index contributed by atoms with van der Waals surface area (Å²) in [7, 11) is 0. The highest BCUT2D eigenvalue weighted by atomic mass is 32.1. The molecule has 0 radical (unpaired) electrons. The lowest BCUT2D eigenvalue weighted by atomic mass is 10.2. The van der Waals surface area contributed by atoms with Gasteiger partial charge in [0, 0.05) is 11.3 Å². The molecule has 0 fully saturated rings. The molecular weight excluding hydrogens is 296 g/mol. The molecule has 0 bridgehead atoms. The van der Waals surface area contributed by atoms with E-state index in [9.17, 15) is 4.79 Å². The number of carbonyl (C=O) groups excluding carboxylic acids is 1. The molecule has 112 valence electrons. The van der Waals surface area contributed by atoms with E-state index in [1.807, 2.05) is 42.5 Å². The van der Waals surface area contributed by atoms with E-state index in [4.69, 9.17) is 4.74 Å². The Hall–Kier alpha value is -2.40. The first kappa shape index (κ1) is 14.5. The zero-order valence-electron chi connectivity index (χ0n) is 12.2. The number of nitrogens with zero attached hydrogens (tertiary/aromatic N) is 1. The van der Waals surface area contributed by atoms with Crippen molar-refractivity contribution in [3.8, 4) is 10.6 Å². The van der Waals surface area contributed by atoms with Crippen molar-refractivity contribution < 1.29 is 9.53 Å². The predicted octanol–water partition coefficient (Wildman–Crippen LogP) is 3.94. The molecule has 0 saturated carbocycles. The van der Waals surface area contributed by atoms with Gasteiger partial charge < -0.3 is 10.1 Å². The van der Waals surface area contributed by atoms with E-state index in [1.165, 1.54) is 4.70 Å². The highest BCUT2D eigenvalue weighted by molar-refractivity contribution is 7.21. The number of fused-ring (bicyclic) bond motifs is 1. The molecular formula is C17H16N2O2S. The van der Waals surface area contributed by atoms with Crippen LogP contribution in [0.2, 0.25) is 0 Å². The fraction of sp³-hybridized carbons (Fsp3) is 0.176. The van der Waals surface area contributed by atoms with Gasteiger partial charge >= 0.3 is 5.97 Å². The third-order valence-corrected chi connectivity index (χ3v) is 4.25. The van der Waals surface area contributed by atoms with Gasteiger partial charge in [-0.15, -0.1) is 11.3 Å². The largest absolute Gasteiger partial charge is 0.465 e. The van der Waals surface area contributed by atoms with Crippen molar-refractivity contribution in [2.45, 2.75) is 6.92 Å². The summed E-state index contributed by atoms with van der Waals surface area (Å²) in [6.45, 7) is 2.37. The van der Waals surface area contributed by atoms with Gasteiger partial charge in [0.2, 0.25) is 0 Å². The molecule has 22 heavy (non-hydrogen) atoms. The average Bonchev–Trinajstić information content (AvgIpc) is 2.98. The van der Waals surface area contributed by atoms with Crippen LogP contribution in [0, 0.1) is 0 Å². The Morgan fingerprint density at radius 2 is 1.95 bits per heavy atom. The molecule has 0 atom stereocenters. The summed E-state index contributed by atoms with van der Waals surface area (Å²) in [5.41, 5.74) is 2.98. The smallest absolute Gasteiger partial charge is 0.325 e. The lowest BCUT2D eigenvalue weighted by Gasteiger charge is -2.06. The third-order valence-electron chi connectivity index (χ3n) is 3.17. The maximum Gasteiger partial charge on any atom is 0.325 e. The number of esters is 1. The van der Waals surface area contributed by atoms with Crippen LogP contribution in [0.3, 0.4) is 0 Å². The normalized spacial score (nSPS) is 10.6. The number of nitrogens with one attached hydrogen (secondary N) is 1. The third kappa shape index (κ3) is 3.26. The molecule has 0 aliphatic heterocycles. The fourth-order valence-electron chi connectivity index (χ4n) is 2.11. The lowest BCUT2D eigenvalue weighted by molar-refractivity contribution is -0.140. The number of ether oxygens (including phenoxy) is 1. The molecule has 0 aliphatic rings. The standard InChI is InChI=1S/C17H16N2O2S/c1-2-21-16(20)11-18-13-9-7-12(8-10-13)17-19-14-5-3-4-6-15(14)22-17/h3-10,18H,2,11H2,1H3. The minimum Gasteiger partial charge on any atom is -0.465 e. The summed E-state index contributed by atoms with van der Waals surface area (Å²) in [5.74, 6) is -0.252. The van der Waals surface area contributed by atoms with Gasteiger partial charge in [0.05, 0.1) is 16.8 Å². The van der Waals surface area contributed by atoms with Crippen molar-refractivity contribution in [3.05, 3.63) is 48.5 Å². The molecule has 0 spiro atoms. The summed E-state index contributed by atoms with van der Waals surface area (Å²) in [6.07, 6.45) is 0. The van der Waals surface area contributed by atoms with E-state index in [2.05, 4.69) is 16.4 Å². The summed E-state index contributed by atoms with van der Waals surface area (Å²) < 4.78 is 6.06. The molecule has 2 aromatic carbocycles. The molecule has 3 rings (SSSR count). The Balaban J connectivity index is 1.72. The second kappa shape index (κ2) is 6.58. The molecule has 1 N–H and O–H groups in total. The minimum absolute atomic E-state index is 0.175. The number of para-hydroxylation sites is 1. The molecule has 5 heteroatoms. The van der Waals surface area contributed by atoms with E-state index in [0.29, 0.717) is 6.61 Å². The number of hydrogen-bond donors (Lipinski definition) is 1. The number of rotatable bonds is 5. The van der Waals surface area contributed by atoms with E-state index in [1.54, 1.807) is 18.3 Å². The van der Waals surface area contributed by atoms with E-state index < -0.39 is 0 Å². The van der Waals surface area contributed by atoms with Gasteiger partial charge in [-0.3, -0.25) is 4.79 Å². The van der Waals surface area contributed by atoms with Gasteiger partial charge in [0.1, 0.15) is 11.6 Å². The maximum atomic E-state index is 11.3. The lowest BCUT2D eigenvalue weighted by Crippen LogP contribution is -2.16. The van der Waals surface area contributed by atoms with Crippen LogP contribution < -0.4 is 5.32 Å². The van der Waals surface area contributed by atoms with Crippen molar-refractivity contribution in [2.24, 2.45) is 0 Å². The SMILES string of the molecule is CCOC(=O)CNc1ccc(-c2nc3ccccc3s2)cc1. The second-order valence-corrected chi connectivity index (χ2v) is 5.75. The van der Waals surface area contributed by atoms with Gasteiger partial charge in [0.15, 0.2) is 0 Å². The molecule has 0 aliphatic carbocycles. The molecule has 0 saturated heterocycles. The number of thiazole rings is 1. The summed E-state index contributed by atoms with van der Waals surface area (Å²) in [5, 5.41) is 4.04. The van der Waals surface area contributed by atoms with Gasteiger partial charge in [-0.1, -0.05) is 12.1 Å². The predicted molar refractivity (Wildman–Crippen MR) is 90.2 cm³/mol. The number of benzene rings is 2. The quantitative estimate of drug-likeness (QED) is 0.725. The second-order valence-electron chi connectivity index (χ2n) is 4.72. The number of anilines is 1. The van der Waals surface area contributed by atoms with E-state index in [0.717, 1.165) is 21.8 Å². The molecule has 4 nitrogen and oxygen atoms in total. The Kier molecular flexibility index (Phi) is 4.34.